The quantitative estimate of drug-likeness (QED) is 0.706. The summed E-state index contributed by atoms with van der Waals surface area (Å²) in [5, 5.41) is 1.48. The molecule has 0 saturated heterocycles. The van der Waals surface area contributed by atoms with Crippen LogP contribution in [0, 0.1) is 0 Å². The summed E-state index contributed by atoms with van der Waals surface area (Å²) >= 11 is 1.41. The van der Waals surface area contributed by atoms with Gasteiger partial charge in [-0.1, -0.05) is 25.8 Å². The van der Waals surface area contributed by atoms with Crippen LogP contribution in [0.3, 0.4) is 0 Å². The van der Waals surface area contributed by atoms with Crippen LogP contribution in [0.4, 0.5) is 0 Å². The number of H-pyrrole nitrogens is 1. The molecule has 1 fully saturated rings. The summed E-state index contributed by atoms with van der Waals surface area (Å²) in [7, 11) is 0. The van der Waals surface area contributed by atoms with Gasteiger partial charge in [-0.05, 0) is 43.2 Å². The molecule has 25 heavy (non-hydrogen) atoms. The maximum absolute atomic E-state index is 13.0. The van der Waals surface area contributed by atoms with Crippen LogP contribution >= 0.6 is 11.8 Å². The van der Waals surface area contributed by atoms with Crippen LogP contribution in [-0.2, 0) is 6.54 Å². The van der Waals surface area contributed by atoms with E-state index >= 15 is 0 Å². The summed E-state index contributed by atoms with van der Waals surface area (Å²) in [6, 6.07) is 5.73. The monoisotopic (exact) mass is 355 g/mol. The number of aromatic amines is 1. The van der Waals surface area contributed by atoms with Crippen molar-refractivity contribution in [2.45, 2.75) is 61.7 Å². The van der Waals surface area contributed by atoms with E-state index in [-0.39, 0.29) is 5.56 Å². The van der Waals surface area contributed by atoms with Gasteiger partial charge in [0, 0.05) is 18.7 Å². The van der Waals surface area contributed by atoms with Gasteiger partial charge in [0.1, 0.15) is 10.9 Å². The highest BCUT2D eigenvalue weighted by Crippen LogP contribution is 2.33. The van der Waals surface area contributed by atoms with Gasteiger partial charge in [0.2, 0.25) is 0 Å². The topological polar surface area (TPSA) is 76.5 Å². The van der Waals surface area contributed by atoms with Crippen molar-refractivity contribution in [2.24, 2.45) is 0 Å². The van der Waals surface area contributed by atoms with Crippen molar-refractivity contribution in [3.05, 3.63) is 40.6 Å². The largest absolute Gasteiger partial charge is 0.336 e. The molecule has 0 spiro atoms. The fourth-order valence-corrected chi connectivity index (χ4v) is 4.24. The van der Waals surface area contributed by atoms with Crippen molar-refractivity contribution >= 4 is 22.9 Å². The van der Waals surface area contributed by atoms with E-state index in [1.807, 2.05) is 18.2 Å². The SMILES string of the molecule is CCCn1c(Sc2ccccn2)nc2nc(C3CCCC3)[nH]c2c1=O. The fourth-order valence-electron chi connectivity index (χ4n) is 3.38. The second kappa shape index (κ2) is 7.00. The first-order valence-corrected chi connectivity index (χ1v) is 9.67. The molecule has 0 atom stereocenters. The highest BCUT2D eigenvalue weighted by atomic mass is 32.2. The third kappa shape index (κ3) is 3.20. The van der Waals surface area contributed by atoms with E-state index in [9.17, 15) is 4.79 Å². The number of hydrogen-bond acceptors (Lipinski definition) is 5. The number of aromatic nitrogens is 5. The minimum absolute atomic E-state index is 0.0398. The Labute approximate surface area is 150 Å². The first kappa shape index (κ1) is 16.3. The van der Waals surface area contributed by atoms with Crippen LogP contribution in [0.5, 0.6) is 0 Å². The number of hydrogen-bond donors (Lipinski definition) is 1. The Morgan fingerprint density at radius 1 is 1.28 bits per heavy atom. The third-order valence-electron chi connectivity index (χ3n) is 4.62. The van der Waals surface area contributed by atoms with Crippen LogP contribution in [0.25, 0.3) is 11.2 Å². The van der Waals surface area contributed by atoms with Crippen molar-refractivity contribution in [1.82, 2.24) is 24.5 Å². The van der Waals surface area contributed by atoms with Gasteiger partial charge in [-0.3, -0.25) is 9.36 Å². The van der Waals surface area contributed by atoms with E-state index in [4.69, 9.17) is 0 Å². The Hall–Kier alpha value is -2.15. The van der Waals surface area contributed by atoms with Crippen LogP contribution in [0.2, 0.25) is 0 Å². The Kier molecular flexibility index (Phi) is 4.57. The second-order valence-electron chi connectivity index (χ2n) is 6.42. The fraction of sp³-hybridized carbons (Fsp3) is 0.444. The van der Waals surface area contributed by atoms with Crippen molar-refractivity contribution in [2.75, 3.05) is 0 Å². The van der Waals surface area contributed by atoms with Gasteiger partial charge in [0.05, 0.1) is 0 Å². The Morgan fingerprint density at radius 2 is 2.12 bits per heavy atom. The summed E-state index contributed by atoms with van der Waals surface area (Å²) in [5.74, 6) is 1.35. The molecule has 1 aliphatic rings. The molecule has 1 N–H and O–H groups in total. The molecule has 0 aromatic carbocycles. The molecule has 0 amide bonds. The highest BCUT2D eigenvalue weighted by molar-refractivity contribution is 7.99. The number of nitrogens with one attached hydrogen (secondary N) is 1. The average Bonchev–Trinajstić information content (AvgIpc) is 3.28. The average molecular weight is 355 g/mol. The van der Waals surface area contributed by atoms with E-state index in [0.29, 0.717) is 28.8 Å². The number of fused-ring (bicyclic) bond motifs is 1. The van der Waals surface area contributed by atoms with Crippen molar-refractivity contribution in [3.8, 4) is 0 Å². The van der Waals surface area contributed by atoms with Crippen molar-refractivity contribution in [3.63, 3.8) is 0 Å². The molecule has 7 heteroatoms. The minimum atomic E-state index is -0.0398. The van der Waals surface area contributed by atoms with E-state index in [1.54, 1.807) is 10.8 Å². The molecule has 1 saturated carbocycles. The lowest BCUT2D eigenvalue weighted by Gasteiger charge is -2.09. The smallest absolute Gasteiger partial charge is 0.280 e. The summed E-state index contributed by atoms with van der Waals surface area (Å²) in [4.78, 5) is 29.9. The standard InChI is InChI=1S/C18H21N5OS/c1-2-11-23-17(24)14-16(21-15(20-14)12-7-3-4-8-12)22-18(23)25-13-9-5-6-10-19-13/h5-6,9-10,12H,2-4,7-8,11H2,1H3,(H,20,21). The predicted molar refractivity (Wildman–Crippen MR) is 98.0 cm³/mol. The van der Waals surface area contributed by atoms with E-state index in [0.717, 1.165) is 30.1 Å². The van der Waals surface area contributed by atoms with Crippen LogP contribution in [0.15, 0.2) is 39.4 Å². The number of rotatable bonds is 5. The Bertz CT molecular complexity index is 928. The first-order valence-electron chi connectivity index (χ1n) is 8.85. The summed E-state index contributed by atoms with van der Waals surface area (Å²) in [5.41, 5.74) is 1.01. The maximum Gasteiger partial charge on any atom is 0.280 e. The molecule has 0 bridgehead atoms. The Balaban J connectivity index is 1.80. The zero-order valence-corrected chi connectivity index (χ0v) is 15.1. The molecule has 0 radical (unpaired) electrons. The molecule has 3 aromatic heterocycles. The summed E-state index contributed by atoms with van der Waals surface area (Å²) < 4.78 is 1.73. The van der Waals surface area contributed by atoms with Crippen LogP contribution in [0.1, 0.15) is 50.8 Å². The number of nitrogens with zero attached hydrogens (tertiary/aromatic N) is 4. The van der Waals surface area contributed by atoms with Crippen LogP contribution in [-0.4, -0.2) is 24.5 Å². The lowest BCUT2D eigenvalue weighted by molar-refractivity contribution is 0.583. The predicted octanol–water partition coefficient (Wildman–Crippen LogP) is 3.73. The molecule has 3 aromatic rings. The molecule has 1 aliphatic carbocycles. The van der Waals surface area contributed by atoms with Crippen molar-refractivity contribution < 1.29 is 0 Å². The number of imidazole rings is 1. The van der Waals surface area contributed by atoms with E-state index < -0.39 is 0 Å². The molecule has 0 aliphatic heterocycles. The summed E-state index contributed by atoms with van der Waals surface area (Å²) in [6.07, 6.45) is 7.35. The van der Waals surface area contributed by atoms with Gasteiger partial charge >= 0.3 is 0 Å². The molecule has 4 rings (SSSR count). The molecular weight excluding hydrogens is 334 g/mol. The molecule has 0 unspecified atom stereocenters. The molecule has 3 heterocycles. The zero-order chi connectivity index (χ0) is 17.2. The number of pyridine rings is 1. The summed E-state index contributed by atoms with van der Waals surface area (Å²) in [6.45, 7) is 2.69. The normalized spacial score (nSPS) is 15.2. The first-order chi connectivity index (χ1) is 12.3. The molecule has 130 valence electrons. The lowest BCUT2D eigenvalue weighted by atomic mass is 10.1. The lowest BCUT2D eigenvalue weighted by Crippen LogP contribution is -2.23. The Morgan fingerprint density at radius 3 is 2.84 bits per heavy atom. The van der Waals surface area contributed by atoms with Crippen molar-refractivity contribution in [1.29, 1.82) is 0 Å². The van der Waals surface area contributed by atoms with E-state index in [2.05, 4.69) is 26.9 Å². The molecular formula is C18H21N5OS. The van der Waals surface area contributed by atoms with E-state index in [1.165, 1.54) is 24.6 Å². The van der Waals surface area contributed by atoms with Gasteiger partial charge in [0.25, 0.3) is 5.56 Å². The maximum atomic E-state index is 13.0. The molecule has 6 nitrogen and oxygen atoms in total. The third-order valence-corrected chi connectivity index (χ3v) is 5.56. The van der Waals surface area contributed by atoms with Gasteiger partial charge in [-0.25, -0.2) is 15.0 Å². The van der Waals surface area contributed by atoms with Gasteiger partial charge in [0.15, 0.2) is 16.3 Å². The zero-order valence-electron chi connectivity index (χ0n) is 14.2. The van der Waals surface area contributed by atoms with Gasteiger partial charge in [-0.15, -0.1) is 0 Å². The van der Waals surface area contributed by atoms with Crippen LogP contribution < -0.4 is 5.56 Å². The highest BCUT2D eigenvalue weighted by Gasteiger charge is 2.23. The minimum Gasteiger partial charge on any atom is -0.336 e. The second-order valence-corrected chi connectivity index (χ2v) is 7.41. The van der Waals surface area contributed by atoms with Gasteiger partial charge in [-0.2, -0.15) is 0 Å². The van der Waals surface area contributed by atoms with Gasteiger partial charge < -0.3 is 4.98 Å².